The van der Waals surface area contributed by atoms with Crippen LogP contribution in [0.2, 0.25) is 0 Å². The number of urea groups is 1. The molecule has 1 saturated heterocycles. The van der Waals surface area contributed by atoms with Gasteiger partial charge in [0.25, 0.3) is 0 Å². The molecule has 0 radical (unpaired) electrons. The van der Waals surface area contributed by atoms with Gasteiger partial charge in [0.1, 0.15) is 30.2 Å². The van der Waals surface area contributed by atoms with Crippen molar-refractivity contribution in [2.75, 3.05) is 20.6 Å². The number of nitrogens with one attached hydrogen (secondary N) is 8. The fourth-order valence-corrected chi connectivity index (χ4v) is 4.59. The van der Waals surface area contributed by atoms with E-state index in [9.17, 15) is 48.6 Å². The minimum Gasteiger partial charge on any atom is -0.480 e. The van der Waals surface area contributed by atoms with Gasteiger partial charge in [-0.2, -0.15) is 0 Å². The normalized spacial score (nSPS) is 22.9. The molecule has 19 heteroatoms. The zero-order valence-electron chi connectivity index (χ0n) is 26.6. The van der Waals surface area contributed by atoms with Gasteiger partial charge in [-0.3, -0.25) is 34.7 Å². The highest BCUT2D eigenvalue weighted by atomic mass is 16.4. The number of amides is 7. The Morgan fingerprint density at radius 3 is 2.06 bits per heavy atom. The number of carbonyl (C=O) groups is 8. The number of guanidine groups is 1. The lowest BCUT2D eigenvalue weighted by Crippen LogP contribution is -2.58. The molecule has 48 heavy (non-hydrogen) atoms. The molecule has 0 aliphatic carbocycles. The van der Waals surface area contributed by atoms with E-state index >= 15 is 0 Å². The van der Waals surface area contributed by atoms with E-state index in [4.69, 9.17) is 5.41 Å². The van der Waals surface area contributed by atoms with Crippen molar-refractivity contribution in [1.82, 2.24) is 42.1 Å². The van der Waals surface area contributed by atoms with Crippen molar-refractivity contribution >= 4 is 53.5 Å². The first-order valence-corrected chi connectivity index (χ1v) is 14.9. The minimum absolute atomic E-state index is 0.0488. The van der Waals surface area contributed by atoms with Gasteiger partial charge in [0.15, 0.2) is 5.96 Å². The summed E-state index contributed by atoms with van der Waals surface area (Å²) in [5, 5.41) is 43.4. The van der Waals surface area contributed by atoms with E-state index in [-0.39, 0.29) is 31.8 Å². The Morgan fingerprint density at radius 2 is 1.48 bits per heavy atom. The van der Waals surface area contributed by atoms with Crippen molar-refractivity contribution in [2.24, 2.45) is 0 Å². The molecule has 1 aromatic rings. The Kier molecular flexibility index (Phi) is 14.7. The van der Waals surface area contributed by atoms with E-state index < -0.39 is 90.6 Å². The lowest BCUT2D eigenvalue weighted by Gasteiger charge is -2.32. The van der Waals surface area contributed by atoms with E-state index in [1.165, 1.54) is 21.0 Å². The van der Waals surface area contributed by atoms with Crippen LogP contribution >= 0.6 is 0 Å². The molecule has 0 spiro atoms. The highest BCUT2D eigenvalue weighted by molar-refractivity contribution is 5.97. The van der Waals surface area contributed by atoms with Gasteiger partial charge in [-0.25, -0.2) is 14.4 Å². The Morgan fingerprint density at radius 1 is 0.896 bits per heavy atom. The molecular weight excluding hydrogens is 634 g/mol. The molecule has 1 heterocycles. The number of likely N-dealkylation sites (N-methyl/N-ethyl adjacent to an activating group) is 1. The molecule has 5 atom stereocenters. The lowest BCUT2D eigenvalue weighted by atomic mass is 10.0. The molecule has 10 N–H and O–H groups in total. The van der Waals surface area contributed by atoms with Crippen LogP contribution in [0.1, 0.15) is 38.2 Å². The second-order valence-electron chi connectivity index (χ2n) is 10.9. The van der Waals surface area contributed by atoms with Crippen molar-refractivity contribution in [3.63, 3.8) is 0 Å². The number of nitrogens with zero attached hydrogens (tertiary/aromatic N) is 1. The maximum Gasteiger partial charge on any atom is 0.326 e. The van der Waals surface area contributed by atoms with E-state index in [2.05, 4.69) is 37.2 Å². The van der Waals surface area contributed by atoms with E-state index in [1.54, 1.807) is 30.3 Å². The van der Waals surface area contributed by atoms with Crippen LogP contribution in [0.4, 0.5) is 4.79 Å². The van der Waals surface area contributed by atoms with Crippen LogP contribution in [0.25, 0.3) is 0 Å². The summed E-state index contributed by atoms with van der Waals surface area (Å²) in [6.07, 6.45) is -1.68. The van der Waals surface area contributed by atoms with Crippen LogP contribution in [0.3, 0.4) is 0 Å². The van der Waals surface area contributed by atoms with Gasteiger partial charge in [-0.15, -0.1) is 0 Å². The van der Waals surface area contributed by atoms with Crippen molar-refractivity contribution in [3.8, 4) is 0 Å². The molecule has 0 aromatic heterocycles. The van der Waals surface area contributed by atoms with Crippen LogP contribution < -0.4 is 37.2 Å². The van der Waals surface area contributed by atoms with E-state index in [0.717, 1.165) is 4.90 Å². The summed E-state index contributed by atoms with van der Waals surface area (Å²) in [5.74, 6) is -8.10. The van der Waals surface area contributed by atoms with Gasteiger partial charge in [-0.05, 0) is 25.3 Å². The third-order valence-corrected chi connectivity index (χ3v) is 7.24. The average molecular weight is 676 g/mol. The first-order chi connectivity index (χ1) is 22.6. The highest BCUT2D eigenvalue weighted by Crippen LogP contribution is 2.13. The van der Waals surface area contributed by atoms with Gasteiger partial charge in [0.2, 0.25) is 29.5 Å². The molecule has 2 rings (SSSR count). The number of carboxylic acids is 2. The molecule has 7 amide bonds. The molecule has 262 valence electrons. The molecule has 1 aliphatic heterocycles. The summed E-state index contributed by atoms with van der Waals surface area (Å²) in [7, 11) is 2.65. The minimum atomic E-state index is -1.83. The van der Waals surface area contributed by atoms with Crippen LogP contribution in [-0.4, -0.2) is 119 Å². The van der Waals surface area contributed by atoms with Gasteiger partial charge in [0, 0.05) is 27.1 Å². The summed E-state index contributed by atoms with van der Waals surface area (Å²) >= 11 is 0. The first kappa shape index (κ1) is 38.4. The van der Waals surface area contributed by atoms with Crippen molar-refractivity contribution in [1.29, 1.82) is 5.41 Å². The summed E-state index contributed by atoms with van der Waals surface area (Å²) in [5.41, 5.74) is 0.598. The van der Waals surface area contributed by atoms with Gasteiger partial charge in [-0.1, -0.05) is 30.3 Å². The Labute approximate surface area is 275 Å². The third kappa shape index (κ3) is 12.2. The molecule has 0 saturated carbocycles. The molecule has 1 fully saturated rings. The quantitative estimate of drug-likeness (QED) is 0.0763. The zero-order chi connectivity index (χ0) is 36.0. The number of carboxylic acid groups (broad SMARTS) is 2. The number of hydrogen-bond acceptors (Lipinski definition) is 9. The zero-order valence-corrected chi connectivity index (χ0v) is 26.6. The molecule has 0 bridgehead atoms. The van der Waals surface area contributed by atoms with Gasteiger partial charge >= 0.3 is 18.0 Å². The molecule has 1 aromatic carbocycles. The first-order valence-electron chi connectivity index (χ1n) is 14.9. The molecular formula is C29H41N9O10. The molecule has 1 aliphatic rings. The summed E-state index contributed by atoms with van der Waals surface area (Å²) in [4.78, 5) is 102. The van der Waals surface area contributed by atoms with E-state index in [1.807, 2.05) is 0 Å². The van der Waals surface area contributed by atoms with Gasteiger partial charge in [0.05, 0.1) is 12.8 Å². The highest BCUT2D eigenvalue weighted by Gasteiger charge is 2.36. The van der Waals surface area contributed by atoms with Crippen LogP contribution in [0.15, 0.2) is 30.3 Å². The predicted molar refractivity (Wildman–Crippen MR) is 167 cm³/mol. The van der Waals surface area contributed by atoms with Crippen LogP contribution in [0, 0.1) is 5.41 Å². The maximum absolute atomic E-state index is 13.9. The second kappa shape index (κ2) is 18.4. The number of carbonyl (C=O) groups excluding carboxylic acids is 6. The van der Waals surface area contributed by atoms with Crippen LogP contribution in [-0.2, 0) is 40.0 Å². The fourth-order valence-electron chi connectivity index (χ4n) is 4.59. The Balaban J connectivity index is 2.47. The number of benzene rings is 1. The Hall–Kier alpha value is -5.75. The SMILES string of the molecule is CNC(=O)NC(=N)NCCC[C@H]1NC(=O)[C@@H](C)NC(=O)C[C@H](C(=O)O)NC(=O)C[C@H](C(=O)O)NC(=O)[C@@H](Cc2ccccc2)N(C)C1=O. The standard InChI is InChI=1S/C29H41N9O10/c1-15-23(41)35-17(10-7-11-32-28(30)37-29(48)31-2)25(43)38(3)20(12-16-8-5-4-6-9-16)24(42)36-19(27(46)47)14-22(40)34-18(26(44)45)13-21(39)33-15/h4-6,8-9,15,17-20H,7,10-14H2,1-3H3,(H,33,39)(H,34,40)(H,35,41)(H,36,42)(H,44,45)(H,46,47)(H4,30,31,32,37,48)/t15-,17-,18-,19-,20-/m1/s1. The van der Waals surface area contributed by atoms with Crippen molar-refractivity contribution in [3.05, 3.63) is 35.9 Å². The van der Waals surface area contributed by atoms with E-state index in [0.29, 0.717) is 5.56 Å². The lowest BCUT2D eigenvalue weighted by molar-refractivity contribution is -0.147. The summed E-state index contributed by atoms with van der Waals surface area (Å²) in [6.45, 7) is 1.36. The smallest absolute Gasteiger partial charge is 0.326 e. The fraction of sp³-hybridized carbons (Fsp3) is 0.483. The summed E-state index contributed by atoms with van der Waals surface area (Å²) < 4.78 is 0. The molecule has 19 nitrogen and oxygen atoms in total. The second-order valence-corrected chi connectivity index (χ2v) is 10.9. The largest absolute Gasteiger partial charge is 0.480 e. The van der Waals surface area contributed by atoms with Gasteiger partial charge < -0.3 is 47.0 Å². The number of aliphatic carboxylic acids is 2. The Bertz CT molecular complexity index is 1390. The topological polar surface area (TPSA) is 288 Å². The molecule has 0 unspecified atom stereocenters. The monoisotopic (exact) mass is 675 g/mol. The average Bonchev–Trinajstić information content (AvgIpc) is 3.03. The number of hydrogen-bond donors (Lipinski definition) is 10. The number of rotatable bonds is 8. The van der Waals surface area contributed by atoms with Crippen molar-refractivity contribution in [2.45, 2.75) is 69.2 Å². The predicted octanol–water partition coefficient (Wildman–Crippen LogP) is -2.79. The maximum atomic E-state index is 13.9. The van der Waals surface area contributed by atoms with Crippen LogP contribution in [0.5, 0.6) is 0 Å². The third-order valence-electron chi connectivity index (χ3n) is 7.24. The summed E-state index contributed by atoms with van der Waals surface area (Å²) in [6, 6.07) is 0.306. The van der Waals surface area contributed by atoms with Crippen molar-refractivity contribution < 1.29 is 48.6 Å².